The molecule has 2 aliphatic rings. The van der Waals surface area contributed by atoms with Gasteiger partial charge in [-0.3, -0.25) is 6.08 Å². The fraction of sp³-hybridized carbons (Fsp3) is 0.327. The van der Waals surface area contributed by atoms with Gasteiger partial charge in [-0.15, -0.1) is 47.9 Å². The van der Waals surface area contributed by atoms with Crippen LogP contribution in [0.4, 0.5) is 0 Å². The molecule has 0 bridgehead atoms. The van der Waals surface area contributed by atoms with E-state index >= 15 is 0 Å². The number of fused-ring (bicyclic) bond motifs is 5. The quantitative estimate of drug-likeness (QED) is 0.120. The van der Waals surface area contributed by atoms with Crippen molar-refractivity contribution in [1.82, 2.24) is 0 Å². The van der Waals surface area contributed by atoms with Gasteiger partial charge in [0, 0.05) is 0 Å². The van der Waals surface area contributed by atoms with Crippen molar-refractivity contribution in [2.75, 3.05) is 0 Å². The molecule has 0 saturated carbocycles. The molecule has 0 heterocycles. The normalized spacial score (nSPS) is 13.1. The Balaban J connectivity index is 0.000000227. The van der Waals surface area contributed by atoms with E-state index in [1.807, 2.05) is 12.2 Å². The second-order valence-electron chi connectivity index (χ2n) is 19.7. The fourth-order valence-corrected chi connectivity index (χ4v) is 8.94. The third-order valence-electron chi connectivity index (χ3n) is 10.9. The molecule has 0 aliphatic heterocycles. The molecule has 0 N–H and O–H groups in total. The monoisotopic (exact) mass is 972 g/mol. The first kappa shape index (κ1) is 47.3. The van der Waals surface area contributed by atoms with Crippen LogP contribution in [0.3, 0.4) is 0 Å². The maximum absolute atomic E-state index is 3.90. The summed E-state index contributed by atoms with van der Waals surface area (Å²) in [6, 6.07) is 42.1. The van der Waals surface area contributed by atoms with Crippen molar-refractivity contribution >= 4 is 49.6 Å². The topological polar surface area (TPSA) is 0 Å². The number of hydrogen-bond donors (Lipinski definition) is 0. The molecule has 3 heteroatoms. The first-order valence-electron chi connectivity index (χ1n) is 20.3. The van der Waals surface area contributed by atoms with Gasteiger partial charge < -0.3 is 0 Å². The molecule has 2 aliphatic carbocycles. The standard InChI is InChI=1S/C29H41.C21H14.C5H5.2ClH.Hf/c1-26(2,3)22-14-18-13-19-15-23(27(4,5)6)25(29(10,11)12)17-21(19)20(18)16-24(22)28(7,8)9;1-3-7-20-14-16(9-11-18(20)5-1)13-17-10-12-19-6-2-4-8-21(19)15-17;1-2-4-5-3-1;;;/h14,16-17H,13H2,1-12H3;1-12,14-15H;1-3H,4H2;2*1H;/q-1;;-1;;;+2. The molecule has 8 rings (SSSR count). The van der Waals surface area contributed by atoms with Crippen LogP contribution in [-0.4, -0.2) is 3.26 Å². The number of halogens is 2. The van der Waals surface area contributed by atoms with Gasteiger partial charge in [-0.05, 0) is 39.4 Å². The molecule has 0 unspecified atom stereocenters. The Bertz CT molecular complexity index is 2300. The first-order chi connectivity index (χ1) is 26.2. The Hall–Kier alpha value is -3.36. The zero-order chi connectivity index (χ0) is 40.6. The fourth-order valence-electron chi connectivity index (χ4n) is 7.82. The van der Waals surface area contributed by atoms with Crippen LogP contribution in [0.15, 0.2) is 121 Å². The van der Waals surface area contributed by atoms with Crippen molar-refractivity contribution < 1.29 is 23.9 Å². The van der Waals surface area contributed by atoms with E-state index in [1.54, 1.807) is 0 Å². The summed E-state index contributed by atoms with van der Waals surface area (Å²) in [5.41, 5.74) is 14.6. The van der Waals surface area contributed by atoms with Gasteiger partial charge >= 0.3 is 145 Å². The summed E-state index contributed by atoms with van der Waals surface area (Å²) >= 11 is 1.03. The average Bonchev–Trinajstić information content (AvgIpc) is 3.84. The van der Waals surface area contributed by atoms with E-state index in [1.165, 1.54) is 80.4 Å². The van der Waals surface area contributed by atoms with E-state index in [9.17, 15) is 0 Å². The van der Waals surface area contributed by atoms with Gasteiger partial charge in [0.2, 0.25) is 0 Å². The molecule has 0 aromatic heterocycles. The number of hydrogen-bond acceptors (Lipinski definition) is 0. The number of allylic oxidation sites excluding steroid dienone is 4. The molecule has 58 heavy (non-hydrogen) atoms. The van der Waals surface area contributed by atoms with Gasteiger partial charge in [0.05, 0.1) is 0 Å². The summed E-state index contributed by atoms with van der Waals surface area (Å²) < 4.78 is 1.46. The molecule has 0 fully saturated rings. The Morgan fingerprint density at radius 2 is 0.983 bits per heavy atom. The maximum atomic E-state index is 3.90. The molecular weight excluding hydrogens is 910 g/mol. The summed E-state index contributed by atoms with van der Waals surface area (Å²) in [7, 11) is 0. The predicted molar refractivity (Wildman–Crippen MR) is 255 cm³/mol. The molecule has 6 aromatic rings. The second-order valence-corrected chi connectivity index (χ2v) is 21.5. The van der Waals surface area contributed by atoms with Crippen LogP contribution in [0.1, 0.15) is 134 Å². The molecule has 0 atom stereocenters. The van der Waals surface area contributed by atoms with Crippen LogP contribution >= 0.6 is 24.8 Å². The van der Waals surface area contributed by atoms with Gasteiger partial charge in [-0.25, -0.2) is 12.2 Å². The Labute approximate surface area is 377 Å². The predicted octanol–water partition coefficient (Wildman–Crippen LogP) is 15.5. The zero-order valence-electron chi connectivity index (χ0n) is 36.8. The van der Waals surface area contributed by atoms with Crippen LogP contribution in [0.5, 0.6) is 0 Å². The minimum absolute atomic E-state index is 0. The molecule has 0 spiro atoms. The van der Waals surface area contributed by atoms with Crippen LogP contribution in [0, 0.1) is 12.1 Å². The average molecular weight is 972 g/mol. The van der Waals surface area contributed by atoms with Gasteiger partial charge in [0.15, 0.2) is 0 Å². The number of rotatable bonds is 2. The number of benzene rings is 6. The van der Waals surface area contributed by atoms with E-state index in [0.29, 0.717) is 0 Å². The van der Waals surface area contributed by atoms with Gasteiger partial charge in [0.1, 0.15) is 0 Å². The molecule has 0 amide bonds. The SMILES string of the molecule is CC(C)(C)c1[c-]c2c(cc1C(C)(C)C)-c1cc(C(C)(C)C)c(C(C)(C)C)cc1C2.Cl.Cl.[C-]1=CC=CC1.[Hf+2]=[C](c1ccc2ccccc2c1)c1ccc2ccccc2c1. The molecule has 0 nitrogen and oxygen atoms in total. The summed E-state index contributed by atoms with van der Waals surface area (Å²) in [4.78, 5) is 0. The van der Waals surface area contributed by atoms with E-state index < -0.39 is 0 Å². The van der Waals surface area contributed by atoms with E-state index in [2.05, 4.69) is 204 Å². The molecular formula is C55H62Cl2Hf. The summed E-state index contributed by atoms with van der Waals surface area (Å²) in [6.07, 6.45) is 11.0. The van der Waals surface area contributed by atoms with Crippen molar-refractivity contribution in [2.45, 2.75) is 118 Å². The third kappa shape index (κ3) is 10.9. The second kappa shape index (κ2) is 18.5. The zero-order valence-corrected chi connectivity index (χ0v) is 42.0. The van der Waals surface area contributed by atoms with Crippen LogP contribution in [-0.2, 0) is 52.0 Å². The Kier molecular flexibility index (Phi) is 15.1. The summed E-state index contributed by atoms with van der Waals surface area (Å²) in [5.74, 6) is 0. The van der Waals surface area contributed by atoms with Crippen LogP contribution in [0.25, 0.3) is 32.7 Å². The first-order valence-corrected chi connectivity index (χ1v) is 22.1. The summed E-state index contributed by atoms with van der Waals surface area (Å²) in [5, 5.41) is 5.24. The molecule has 6 aromatic carbocycles. The Morgan fingerprint density at radius 1 is 0.517 bits per heavy atom. The summed E-state index contributed by atoms with van der Waals surface area (Å²) in [6.45, 7) is 28.0. The van der Waals surface area contributed by atoms with Crippen molar-refractivity contribution in [1.29, 1.82) is 0 Å². The van der Waals surface area contributed by atoms with Gasteiger partial charge in [-0.2, -0.15) is 23.8 Å². The van der Waals surface area contributed by atoms with Crippen molar-refractivity contribution in [3.05, 3.63) is 178 Å². The minimum atomic E-state index is 0. The Morgan fingerprint density at radius 3 is 1.40 bits per heavy atom. The molecule has 300 valence electrons. The molecule has 0 saturated heterocycles. The van der Waals surface area contributed by atoms with Crippen molar-refractivity contribution in [2.24, 2.45) is 0 Å². The van der Waals surface area contributed by atoms with Gasteiger partial charge in [0.25, 0.3) is 0 Å². The van der Waals surface area contributed by atoms with E-state index in [4.69, 9.17) is 0 Å². The van der Waals surface area contributed by atoms with Gasteiger partial charge in [-0.1, -0.05) is 106 Å². The molecule has 0 radical (unpaired) electrons. The van der Waals surface area contributed by atoms with Crippen LogP contribution < -0.4 is 0 Å². The van der Waals surface area contributed by atoms with E-state index in [0.717, 1.165) is 36.7 Å². The van der Waals surface area contributed by atoms with Crippen molar-refractivity contribution in [3.8, 4) is 11.1 Å². The van der Waals surface area contributed by atoms with Crippen LogP contribution in [0.2, 0.25) is 0 Å². The third-order valence-corrected chi connectivity index (χ3v) is 13.0. The van der Waals surface area contributed by atoms with E-state index in [-0.39, 0.29) is 46.5 Å². The van der Waals surface area contributed by atoms with Crippen molar-refractivity contribution in [3.63, 3.8) is 0 Å².